The summed E-state index contributed by atoms with van der Waals surface area (Å²) in [6.07, 6.45) is 1.53. The second-order valence-corrected chi connectivity index (χ2v) is 9.69. The van der Waals surface area contributed by atoms with Gasteiger partial charge in [-0.05, 0) is 65.2 Å². The average molecular weight is 490 g/mol. The Morgan fingerprint density at radius 2 is 1.77 bits per heavy atom. The van der Waals surface area contributed by atoms with Gasteiger partial charge in [-0.2, -0.15) is 0 Å². The summed E-state index contributed by atoms with van der Waals surface area (Å²) in [4.78, 5) is 29.5. The summed E-state index contributed by atoms with van der Waals surface area (Å²) in [7, 11) is 1.61. The molecule has 2 saturated heterocycles. The van der Waals surface area contributed by atoms with Crippen LogP contribution < -0.4 is 10.1 Å². The lowest BCUT2D eigenvalue weighted by atomic mass is 10.0. The minimum absolute atomic E-state index is 0.0498. The lowest BCUT2D eigenvalue weighted by Gasteiger charge is -2.44. The predicted molar refractivity (Wildman–Crippen MR) is 123 cm³/mol. The van der Waals surface area contributed by atoms with Crippen LogP contribution >= 0.6 is 27.7 Å². The number of urea groups is 1. The summed E-state index contributed by atoms with van der Waals surface area (Å²) in [5.74, 6) is 1.71. The van der Waals surface area contributed by atoms with Crippen LogP contribution in [0.2, 0.25) is 0 Å². The molecule has 4 rings (SSSR count). The van der Waals surface area contributed by atoms with Crippen LogP contribution in [0.25, 0.3) is 0 Å². The van der Waals surface area contributed by atoms with E-state index in [9.17, 15) is 9.59 Å². The second kappa shape index (κ2) is 8.89. The van der Waals surface area contributed by atoms with Crippen LogP contribution in [-0.4, -0.2) is 59.1 Å². The summed E-state index contributed by atoms with van der Waals surface area (Å²) in [6, 6.07) is 14.7. The number of piperidine rings is 1. The Morgan fingerprint density at radius 3 is 2.43 bits per heavy atom. The topological polar surface area (TPSA) is 61.9 Å². The number of amides is 3. The molecule has 0 aromatic heterocycles. The fraction of sp³-hybridized carbons (Fsp3) is 0.364. The first-order valence-electron chi connectivity index (χ1n) is 9.93. The number of thioether (sulfide) groups is 1. The van der Waals surface area contributed by atoms with Crippen LogP contribution in [0.5, 0.6) is 5.75 Å². The molecule has 158 valence electrons. The van der Waals surface area contributed by atoms with E-state index in [1.807, 2.05) is 70.1 Å². The number of hydrogen-bond donors (Lipinski definition) is 1. The highest BCUT2D eigenvalue weighted by Gasteiger charge is 2.47. The van der Waals surface area contributed by atoms with E-state index in [4.69, 9.17) is 4.74 Å². The van der Waals surface area contributed by atoms with Gasteiger partial charge in [-0.3, -0.25) is 4.79 Å². The third kappa shape index (κ3) is 4.16. The van der Waals surface area contributed by atoms with Crippen molar-refractivity contribution in [1.82, 2.24) is 9.80 Å². The molecule has 1 spiro atoms. The zero-order valence-corrected chi connectivity index (χ0v) is 19.2. The van der Waals surface area contributed by atoms with Crippen molar-refractivity contribution < 1.29 is 14.3 Å². The van der Waals surface area contributed by atoms with Gasteiger partial charge in [0.2, 0.25) is 0 Å². The molecule has 0 atom stereocenters. The number of hydrogen-bond acceptors (Lipinski definition) is 4. The number of para-hydroxylation sites is 1. The summed E-state index contributed by atoms with van der Waals surface area (Å²) < 4.78 is 6.05. The minimum atomic E-state index is -0.235. The highest BCUT2D eigenvalue weighted by Crippen LogP contribution is 2.44. The molecule has 1 N–H and O–H groups in total. The van der Waals surface area contributed by atoms with Crippen LogP contribution in [-0.2, 0) is 0 Å². The Hall–Kier alpha value is -2.19. The SMILES string of the molecule is COc1ccc(C(=O)N2CCSC23CCN(C(=O)Nc2ccccc2Br)CC3)cc1. The summed E-state index contributed by atoms with van der Waals surface area (Å²) in [5.41, 5.74) is 1.43. The minimum Gasteiger partial charge on any atom is -0.497 e. The Morgan fingerprint density at radius 1 is 1.07 bits per heavy atom. The number of methoxy groups -OCH3 is 1. The van der Waals surface area contributed by atoms with Gasteiger partial charge >= 0.3 is 6.03 Å². The van der Waals surface area contributed by atoms with Gasteiger partial charge in [-0.1, -0.05) is 12.1 Å². The van der Waals surface area contributed by atoms with Gasteiger partial charge in [0.05, 0.1) is 17.7 Å². The smallest absolute Gasteiger partial charge is 0.321 e. The summed E-state index contributed by atoms with van der Waals surface area (Å²) in [6.45, 7) is 1.98. The third-order valence-electron chi connectivity index (χ3n) is 5.71. The molecule has 0 saturated carbocycles. The number of likely N-dealkylation sites (tertiary alicyclic amines) is 1. The first-order valence-corrected chi connectivity index (χ1v) is 11.7. The molecule has 2 heterocycles. The zero-order chi connectivity index (χ0) is 21.1. The van der Waals surface area contributed by atoms with E-state index >= 15 is 0 Å². The van der Waals surface area contributed by atoms with Crippen molar-refractivity contribution in [3.63, 3.8) is 0 Å². The van der Waals surface area contributed by atoms with E-state index in [0.717, 1.165) is 41.0 Å². The normalized spacial score (nSPS) is 17.8. The standard InChI is InChI=1S/C22H24BrN3O3S/c1-29-17-8-6-16(7-9-17)20(27)26-14-15-30-22(26)10-12-25(13-11-22)21(28)24-19-5-3-2-4-18(19)23/h2-9H,10-15H2,1H3,(H,24,28). The highest BCUT2D eigenvalue weighted by atomic mass is 79.9. The monoisotopic (exact) mass is 489 g/mol. The van der Waals surface area contributed by atoms with E-state index in [-0.39, 0.29) is 16.8 Å². The molecule has 0 radical (unpaired) electrons. The Bertz CT molecular complexity index is 929. The molecule has 2 aliphatic heterocycles. The molecule has 2 fully saturated rings. The number of rotatable bonds is 3. The van der Waals surface area contributed by atoms with E-state index in [0.29, 0.717) is 18.7 Å². The van der Waals surface area contributed by atoms with Crippen molar-refractivity contribution in [3.8, 4) is 5.75 Å². The quantitative estimate of drug-likeness (QED) is 0.680. The Labute approximate surface area is 189 Å². The number of ether oxygens (including phenoxy) is 1. The van der Waals surface area contributed by atoms with Gasteiger partial charge in [0.1, 0.15) is 5.75 Å². The average Bonchev–Trinajstić information content (AvgIpc) is 3.18. The van der Waals surface area contributed by atoms with Crippen LogP contribution in [0.1, 0.15) is 23.2 Å². The molecule has 2 aliphatic rings. The van der Waals surface area contributed by atoms with Crippen molar-refractivity contribution in [2.45, 2.75) is 17.7 Å². The number of anilines is 1. The molecule has 2 aromatic rings. The van der Waals surface area contributed by atoms with Crippen LogP contribution in [0.3, 0.4) is 0 Å². The van der Waals surface area contributed by atoms with Crippen LogP contribution in [0, 0.1) is 0 Å². The lowest BCUT2D eigenvalue weighted by molar-refractivity contribution is 0.0585. The van der Waals surface area contributed by atoms with Crippen molar-refractivity contribution in [3.05, 3.63) is 58.6 Å². The molecule has 0 aliphatic carbocycles. The number of carbonyl (C=O) groups excluding carboxylic acids is 2. The molecular formula is C22H24BrN3O3S. The van der Waals surface area contributed by atoms with E-state index < -0.39 is 0 Å². The fourth-order valence-electron chi connectivity index (χ4n) is 4.01. The number of carbonyl (C=O) groups is 2. The molecule has 6 nitrogen and oxygen atoms in total. The summed E-state index contributed by atoms with van der Waals surface area (Å²) >= 11 is 5.30. The molecule has 30 heavy (non-hydrogen) atoms. The van der Waals surface area contributed by atoms with Crippen molar-refractivity contribution >= 4 is 45.3 Å². The fourth-order valence-corrected chi connectivity index (χ4v) is 5.85. The first-order chi connectivity index (χ1) is 14.5. The maximum atomic E-state index is 13.2. The largest absolute Gasteiger partial charge is 0.497 e. The maximum absolute atomic E-state index is 13.2. The lowest BCUT2D eigenvalue weighted by Crippen LogP contribution is -2.54. The van der Waals surface area contributed by atoms with Gasteiger partial charge in [0.15, 0.2) is 0 Å². The van der Waals surface area contributed by atoms with Crippen molar-refractivity contribution in [1.29, 1.82) is 0 Å². The van der Waals surface area contributed by atoms with Gasteiger partial charge in [-0.15, -0.1) is 11.8 Å². The number of nitrogens with one attached hydrogen (secondary N) is 1. The van der Waals surface area contributed by atoms with E-state index in [2.05, 4.69) is 21.2 Å². The predicted octanol–water partition coefficient (Wildman–Crippen LogP) is 4.67. The van der Waals surface area contributed by atoms with Crippen LogP contribution in [0.4, 0.5) is 10.5 Å². The first kappa shape index (κ1) is 21.1. The van der Waals surface area contributed by atoms with Gasteiger partial charge in [0, 0.05) is 35.4 Å². The summed E-state index contributed by atoms with van der Waals surface area (Å²) in [5, 5.41) is 2.97. The number of halogens is 1. The highest BCUT2D eigenvalue weighted by molar-refractivity contribution is 9.10. The van der Waals surface area contributed by atoms with E-state index in [1.54, 1.807) is 7.11 Å². The van der Waals surface area contributed by atoms with Crippen LogP contribution in [0.15, 0.2) is 53.0 Å². The maximum Gasteiger partial charge on any atom is 0.321 e. The number of nitrogens with zero attached hydrogens (tertiary/aromatic N) is 2. The second-order valence-electron chi connectivity index (χ2n) is 7.38. The molecule has 3 amide bonds. The molecule has 2 aromatic carbocycles. The van der Waals surface area contributed by atoms with Gasteiger partial charge in [-0.25, -0.2) is 4.79 Å². The van der Waals surface area contributed by atoms with Crippen molar-refractivity contribution in [2.75, 3.05) is 37.8 Å². The van der Waals surface area contributed by atoms with Crippen molar-refractivity contribution in [2.24, 2.45) is 0 Å². The number of benzene rings is 2. The third-order valence-corrected chi connectivity index (χ3v) is 7.95. The molecule has 8 heteroatoms. The van der Waals surface area contributed by atoms with Gasteiger partial charge < -0.3 is 19.9 Å². The molecular weight excluding hydrogens is 466 g/mol. The van der Waals surface area contributed by atoms with E-state index in [1.165, 1.54) is 0 Å². The molecule has 0 unspecified atom stereocenters. The zero-order valence-electron chi connectivity index (χ0n) is 16.8. The van der Waals surface area contributed by atoms with Gasteiger partial charge in [0.25, 0.3) is 5.91 Å². The Balaban J connectivity index is 1.41. The Kier molecular flexibility index (Phi) is 6.24. The molecule has 0 bridgehead atoms.